The number of amides is 2. The molecule has 0 spiro atoms. The fourth-order valence-corrected chi connectivity index (χ4v) is 2.64. The summed E-state index contributed by atoms with van der Waals surface area (Å²) < 4.78 is 0. The zero-order valence-corrected chi connectivity index (χ0v) is 10.4. The number of aliphatic carboxylic acids is 1. The first-order chi connectivity index (χ1) is 8.00. The summed E-state index contributed by atoms with van der Waals surface area (Å²) in [5.41, 5.74) is 0. The molecule has 0 aromatic carbocycles. The Morgan fingerprint density at radius 1 is 1.53 bits per heavy atom. The maximum atomic E-state index is 12.0. The summed E-state index contributed by atoms with van der Waals surface area (Å²) in [7, 11) is 1.83. The molecule has 0 bridgehead atoms. The van der Waals surface area contributed by atoms with Gasteiger partial charge in [0.15, 0.2) is 0 Å². The highest BCUT2D eigenvalue weighted by atomic mass is 16.4. The quantitative estimate of drug-likeness (QED) is 0.804. The molecule has 5 heteroatoms. The second-order valence-corrected chi connectivity index (χ2v) is 5.30. The summed E-state index contributed by atoms with van der Waals surface area (Å²) in [6.45, 7) is 2.66. The van der Waals surface area contributed by atoms with Crippen LogP contribution in [0.5, 0.6) is 0 Å². The predicted molar refractivity (Wildman–Crippen MR) is 62.7 cm³/mol. The molecule has 0 aromatic heterocycles. The van der Waals surface area contributed by atoms with E-state index >= 15 is 0 Å². The molecular weight excluding hydrogens is 220 g/mol. The van der Waals surface area contributed by atoms with Gasteiger partial charge in [-0.25, -0.2) is 4.79 Å². The van der Waals surface area contributed by atoms with Crippen molar-refractivity contribution in [3.05, 3.63) is 0 Å². The molecule has 17 heavy (non-hydrogen) atoms. The van der Waals surface area contributed by atoms with E-state index in [-0.39, 0.29) is 12.1 Å². The predicted octanol–water partition coefficient (Wildman–Crippen LogP) is 1.24. The topological polar surface area (TPSA) is 60.9 Å². The molecule has 2 unspecified atom stereocenters. The van der Waals surface area contributed by atoms with Crippen LogP contribution in [0.2, 0.25) is 0 Å². The Hall–Kier alpha value is -1.26. The van der Waals surface area contributed by atoms with Crippen molar-refractivity contribution in [2.45, 2.75) is 32.2 Å². The highest BCUT2D eigenvalue weighted by Crippen LogP contribution is 2.35. The minimum Gasteiger partial charge on any atom is -0.481 e. The number of carbonyl (C=O) groups is 2. The third-order valence-electron chi connectivity index (χ3n) is 4.09. The number of likely N-dealkylation sites (N-methyl/N-ethyl adjacent to an activating group) is 1. The van der Waals surface area contributed by atoms with E-state index < -0.39 is 11.9 Å². The van der Waals surface area contributed by atoms with Gasteiger partial charge in [0.2, 0.25) is 0 Å². The van der Waals surface area contributed by atoms with Gasteiger partial charge >= 0.3 is 12.0 Å². The lowest BCUT2D eigenvalue weighted by atomic mass is 9.79. The van der Waals surface area contributed by atoms with Gasteiger partial charge < -0.3 is 14.9 Å². The summed E-state index contributed by atoms with van der Waals surface area (Å²) in [4.78, 5) is 26.3. The van der Waals surface area contributed by atoms with Crippen LogP contribution >= 0.6 is 0 Å². The van der Waals surface area contributed by atoms with E-state index in [9.17, 15) is 9.59 Å². The van der Waals surface area contributed by atoms with Crippen molar-refractivity contribution in [2.24, 2.45) is 11.8 Å². The van der Waals surface area contributed by atoms with Crippen LogP contribution in [0.3, 0.4) is 0 Å². The summed E-state index contributed by atoms with van der Waals surface area (Å²) >= 11 is 0. The minimum atomic E-state index is -0.840. The van der Waals surface area contributed by atoms with E-state index in [1.807, 2.05) is 7.05 Å². The molecule has 0 aromatic rings. The average Bonchev–Trinajstić information content (AvgIpc) is 2.45. The van der Waals surface area contributed by atoms with Gasteiger partial charge in [0.1, 0.15) is 0 Å². The first-order valence-electron chi connectivity index (χ1n) is 6.25. The van der Waals surface area contributed by atoms with Gasteiger partial charge in [0, 0.05) is 20.1 Å². The number of carbonyl (C=O) groups excluding carboxylic acids is 1. The number of urea groups is 1. The molecule has 5 nitrogen and oxygen atoms in total. The van der Waals surface area contributed by atoms with Crippen LogP contribution in [0.1, 0.15) is 26.2 Å². The maximum Gasteiger partial charge on any atom is 0.320 e. The van der Waals surface area contributed by atoms with E-state index in [1.54, 1.807) is 16.7 Å². The van der Waals surface area contributed by atoms with Crippen LogP contribution < -0.4 is 0 Å². The van der Waals surface area contributed by atoms with Crippen molar-refractivity contribution in [3.63, 3.8) is 0 Å². The third kappa shape index (κ3) is 2.23. The molecule has 1 saturated heterocycles. The molecular formula is C12H20N2O3. The molecule has 2 fully saturated rings. The Balaban J connectivity index is 1.96. The lowest BCUT2D eigenvalue weighted by molar-refractivity contribution is -0.141. The molecule has 1 N–H and O–H groups in total. The third-order valence-corrected chi connectivity index (χ3v) is 4.09. The Bertz CT molecular complexity index is 328. The summed E-state index contributed by atoms with van der Waals surface area (Å²) in [6, 6.07) is 0.271. The van der Waals surface area contributed by atoms with Gasteiger partial charge in [0.25, 0.3) is 0 Å². The molecule has 0 radical (unpaired) electrons. The van der Waals surface area contributed by atoms with E-state index in [1.165, 1.54) is 19.3 Å². The zero-order chi connectivity index (χ0) is 12.6. The van der Waals surface area contributed by atoms with Gasteiger partial charge in [0.05, 0.1) is 12.0 Å². The number of carboxylic acids is 1. The Kier molecular flexibility index (Phi) is 3.26. The largest absolute Gasteiger partial charge is 0.481 e. The van der Waals surface area contributed by atoms with E-state index in [2.05, 4.69) is 0 Å². The molecule has 2 atom stereocenters. The summed E-state index contributed by atoms with van der Waals surface area (Å²) in [5, 5.41) is 8.88. The van der Waals surface area contributed by atoms with Crippen molar-refractivity contribution >= 4 is 12.0 Å². The fraction of sp³-hybridized carbons (Fsp3) is 0.833. The van der Waals surface area contributed by atoms with Crippen molar-refractivity contribution in [3.8, 4) is 0 Å². The van der Waals surface area contributed by atoms with Crippen LogP contribution in [0.4, 0.5) is 4.79 Å². The van der Waals surface area contributed by atoms with Crippen LogP contribution in [0, 0.1) is 11.8 Å². The zero-order valence-electron chi connectivity index (χ0n) is 10.4. The van der Waals surface area contributed by atoms with E-state index in [0.717, 1.165) is 0 Å². The van der Waals surface area contributed by atoms with Crippen molar-refractivity contribution in [1.29, 1.82) is 0 Å². The van der Waals surface area contributed by atoms with Gasteiger partial charge in [-0.15, -0.1) is 0 Å². The van der Waals surface area contributed by atoms with Crippen LogP contribution in [0.15, 0.2) is 0 Å². The summed E-state index contributed by atoms with van der Waals surface area (Å²) in [5.74, 6) is -0.714. The standard InChI is InChI=1S/C12H20N2O3/c1-8(11(15)16)6-14-7-10(9-4-3-5-9)13(2)12(14)17/h8-10H,3-7H2,1-2H3,(H,15,16). The SMILES string of the molecule is CC(CN1CC(C2CCC2)N(C)C1=O)C(=O)O. The molecule has 1 saturated carbocycles. The Morgan fingerprint density at radius 3 is 2.65 bits per heavy atom. The van der Waals surface area contributed by atoms with Gasteiger partial charge in [-0.2, -0.15) is 0 Å². The van der Waals surface area contributed by atoms with Crippen LogP contribution in [0.25, 0.3) is 0 Å². The van der Waals surface area contributed by atoms with E-state index in [4.69, 9.17) is 5.11 Å². The fourth-order valence-electron chi connectivity index (χ4n) is 2.64. The molecule has 96 valence electrons. The van der Waals surface area contributed by atoms with Crippen LogP contribution in [-0.4, -0.2) is 53.1 Å². The first kappa shape index (κ1) is 12.2. The summed E-state index contributed by atoms with van der Waals surface area (Å²) in [6.07, 6.45) is 3.66. The molecule has 2 amide bonds. The van der Waals surface area contributed by atoms with Crippen molar-refractivity contribution in [2.75, 3.05) is 20.1 Å². The van der Waals surface area contributed by atoms with E-state index in [0.29, 0.717) is 19.0 Å². The lowest BCUT2D eigenvalue weighted by Gasteiger charge is -2.34. The maximum absolute atomic E-state index is 12.0. The van der Waals surface area contributed by atoms with Gasteiger partial charge in [-0.05, 0) is 18.8 Å². The molecule has 1 aliphatic carbocycles. The molecule has 2 rings (SSSR count). The van der Waals surface area contributed by atoms with Crippen molar-refractivity contribution < 1.29 is 14.7 Å². The first-order valence-corrected chi connectivity index (χ1v) is 6.25. The highest BCUT2D eigenvalue weighted by Gasteiger charge is 2.41. The Labute approximate surface area is 101 Å². The Morgan fingerprint density at radius 2 is 2.18 bits per heavy atom. The number of carboxylic acid groups (broad SMARTS) is 1. The van der Waals surface area contributed by atoms with Crippen molar-refractivity contribution in [1.82, 2.24) is 9.80 Å². The van der Waals surface area contributed by atoms with Crippen LogP contribution in [-0.2, 0) is 4.79 Å². The molecule has 1 heterocycles. The number of rotatable bonds is 4. The lowest BCUT2D eigenvalue weighted by Crippen LogP contribution is -2.39. The molecule has 1 aliphatic heterocycles. The smallest absolute Gasteiger partial charge is 0.320 e. The highest BCUT2D eigenvalue weighted by molar-refractivity contribution is 5.78. The normalized spacial score (nSPS) is 27.2. The van der Waals surface area contributed by atoms with Gasteiger partial charge in [-0.1, -0.05) is 13.3 Å². The van der Waals surface area contributed by atoms with Gasteiger partial charge in [-0.3, -0.25) is 4.79 Å². The average molecular weight is 240 g/mol. The second kappa shape index (κ2) is 4.55. The number of nitrogens with zero attached hydrogens (tertiary/aromatic N) is 2. The molecule has 2 aliphatic rings. The number of hydrogen-bond acceptors (Lipinski definition) is 2. The monoisotopic (exact) mass is 240 g/mol. The minimum absolute atomic E-state index is 0.0185. The number of hydrogen-bond donors (Lipinski definition) is 1. The second-order valence-electron chi connectivity index (χ2n) is 5.30.